The molecule has 1 aliphatic rings. The molecule has 1 fully saturated rings. The number of ether oxygens (including phenoxy) is 1. The van der Waals surface area contributed by atoms with E-state index in [2.05, 4.69) is 14.4 Å². The number of hydrogen-bond donors (Lipinski definition) is 2. The van der Waals surface area contributed by atoms with Gasteiger partial charge in [-0.1, -0.05) is 0 Å². The fraction of sp³-hybridized carbons (Fsp3) is 0.583. The van der Waals surface area contributed by atoms with Crippen LogP contribution in [0.25, 0.3) is 0 Å². The number of methoxy groups -OCH3 is 1. The van der Waals surface area contributed by atoms with Crippen molar-refractivity contribution in [2.24, 2.45) is 5.92 Å². The van der Waals surface area contributed by atoms with Crippen LogP contribution in [-0.4, -0.2) is 43.6 Å². The lowest BCUT2D eigenvalue weighted by Crippen LogP contribution is -2.38. The Labute approximate surface area is 131 Å². The summed E-state index contributed by atoms with van der Waals surface area (Å²) in [7, 11) is -2.73. The predicted octanol–water partition coefficient (Wildman–Crippen LogP) is 0.851. The summed E-state index contributed by atoms with van der Waals surface area (Å²) in [6.45, 7) is 0. The molecule has 8 nitrogen and oxygen atoms in total. The first-order valence-electron chi connectivity index (χ1n) is 6.62. The molecule has 0 radical (unpaired) electrons. The van der Waals surface area contributed by atoms with Crippen molar-refractivity contribution < 1.29 is 27.9 Å². The Morgan fingerprint density at radius 1 is 1.36 bits per heavy atom. The lowest BCUT2D eigenvalue weighted by molar-refractivity contribution is -0.142. The number of aliphatic carboxylic acids is 1. The Kier molecular flexibility index (Phi) is 5.14. The van der Waals surface area contributed by atoms with Gasteiger partial charge in [0.15, 0.2) is 9.90 Å². The van der Waals surface area contributed by atoms with Gasteiger partial charge in [0.25, 0.3) is 10.0 Å². The molecule has 1 heterocycles. The van der Waals surface area contributed by atoms with Gasteiger partial charge in [0.05, 0.1) is 18.5 Å². The Morgan fingerprint density at radius 3 is 2.55 bits per heavy atom. The lowest BCUT2D eigenvalue weighted by Gasteiger charge is -2.26. The number of nitrogens with one attached hydrogen (secondary N) is 1. The number of esters is 1. The lowest BCUT2D eigenvalue weighted by atomic mass is 9.87. The summed E-state index contributed by atoms with van der Waals surface area (Å²) < 4.78 is 31.6. The highest BCUT2D eigenvalue weighted by atomic mass is 32.2. The van der Waals surface area contributed by atoms with Crippen LogP contribution in [0.4, 0.5) is 0 Å². The fourth-order valence-corrected chi connectivity index (χ4v) is 4.84. The third-order valence-electron chi connectivity index (χ3n) is 3.56. The highest BCUT2D eigenvalue weighted by Gasteiger charge is 2.32. The van der Waals surface area contributed by atoms with E-state index in [0.29, 0.717) is 25.7 Å². The molecule has 0 atom stereocenters. The standard InChI is InChI=1S/C12H16N2O6S2/c1-20-11(17)9-12(21-6-13-9)22(18,19)14-8-4-2-7(3-5-8)10(15)16/h6-8,14H,2-5H2,1H3,(H,15,16). The summed E-state index contributed by atoms with van der Waals surface area (Å²) in [4.78, 5) is 26.1. The summed E-state index contributed by atoms with van der Waals surface area (Å²) in [5.74, 6) is -2.08. The van der Waals surface area contributed by atoms with Gasteiger partial charge in [-0.15, -0.1) is 11.3 Å². The minimum absolute atomic E-state index is 0.181. The van der Waals surface area contributed by atoms with Crippen molar-refractivity contribution in [3.63, 3.8) is 0 Å². The van der Waals surface area contributed by atoms with Gasteiger partial charge in [0.2, 0.25) is 0 Å². The van der Waals surface area contributed by atoms with Crippen LogP contribution >= 0.6 is 11.3 Å². The van der Waals surface area contributed by atoms with Gasteiger partial charge in [-0.05, 0) is 25.7 Å². The SMILES string of the molecule is COC(=O)c1ncsc1S(=O)(=O)NC1CCC(C(=O)O)CC1. The van der Waals surface area contributed by atoms with E-state index in [1.807, 2.05) is 0 Å². The number of carboxylic acids is 1. The topological polar surface area (TPSA) is 123 Å². The monoisotopic (exact) mass is 348 g/mol. The Balaban J connectivity index is 2.08. The normalized spacial score (nSPS) is 22.2. The largest absolute Gasteiger partial charge is 0.481 e. The highest BCUT2D eigenvalue weighted by molar-refractivity contribution is 7.91. The molecule has 1 aromatic heterocycles. The number of carboxylic acid groups (broad SMARTS) is 1. The third kappa shape index (κ3) is 3.62. The van der Waals surface area contributed by atoms with E-state index in [-0.39, 0.29) is 15.9 Å². The van der Waals surface area contributed by atoms with Crippen LogP contribution in [0.3, 0.4) is 0 Å². The quantitative estimate of drug-likeness (QED) is 0.756. The molecule has 2 rings (SSSR count). The van der Waals surface area contributed by atoms with E-state index in [1.165, 1.54) is 5.51 Å². The van der Waals surface area contributed by atoms with Gasteiger partial charge in [0.1, 0.15) is 0 Å². The smallest absolute Gasteiger partial charge is 0.358 e. The molecular formula is C12H16N2O6S2. The molecule has 10 heteroatoms. The first kappa shape index (κ1) is 16.8. The average molecular weight is 348 g/mol. The zero-order chi connectivity index (χ0) is 16.3. The van der Waals surface area contributed by atoms with E-state index in [9.17, 15) is 18.0 Å². The minimum atomic E-state index is -3.88. The van der Waals surface area contributed by atoms with Gasteiger partial charge >= 0.3 is 11.9 Å². The van der Waals surface area contributed by atoms with Crippen LogP contribution in [0.5, 0.6) is 0 Å². The van der Waals surface area contributed by atoms with Crippen molar-refractivity contribution in [1.29, 1.82) is 0 Å². The van der Waals surface area contributed by atoms with Crippen LogP contribution in [0.2, 0.25) is 0 Å². The second-order valence-corrected chi connectivity index (χ2v) is 7.75. The maximum absolute atomic E-state index is 12.4. The van der Waals surface area contributed by atoms with E-state index < -0.39 is 27.9 Å². The number of hydrogen-bond acceptors (Lipinski definition) is 7. The minimum Gasteiger partial charge on any atom is -0.481 e. The molecule has 0 aromatic carbocycles. The van der Waals surface area contributed by atoms with Crippen molar-refractivity contribution >= 4 is 33.3 Å². The summed E-state index contributed by atoms with van der Waals surface area (Å²) in [5, 5.41) is 8.94. The maximum Gasteiger partial charge on any atom is 0.358 e. The molecule has 0 spiro atoms. The zero-order valence-corrected chi connectivity index (χ0v) is 13.4. The summed E-state index contributed by atoms with van der Waals surface area (Å²) in [5.41, 5.74) is 1.03. The van der Waals surface area contributed by atoms with Gasteiger partial charge in [-0.3, -0.25) is 4.79 Å². The molecule has 0 amide bonds. The van der Waals surface area contributed by atoms with Crippen LogP contribution in [0.1, 0.15) is 36.2 Å². The molecule has 22 heavy (non-hydrogen) atoms. The number of rotatable bonds is 5. The number of thiazole rings is 1. The van der Waals surface area contributed by atoms with Gasteiger partial charge in [0, 0.05) is 6.04 Å². The summed E-state index contributed by atoms with van der Waals surface area (Å²) in [6, 6.07) is -0.340. The Hall–Kier alpha value is -1.52. The molecule has 0 saturated heterocycles. The zero-order valence-electron chi connectivity index (χ0n) is 11.8. The molecule has 2 N–H and O–H groups in total. The van der Waals surface area contributed by atoms with E-state index in [4.69, 9.17) is 5.11 Å². The van der Waals surface area contributed by atoms with Crippen LogP contribution in [0, 0.1) is 5.92 Å². The number of carbonyl (C=O) groups excluding carboxylic acids is 1. The predicted molar refractivity (Wildman–Crippen MR) is 77.2 cm³/mol. The molecule has 1 aromatic rings. The van der Waals surface area contributed by atoms with Crippen LogP contribution in [0.15, 0.2) is 9.72 Å². The first-order valence-corrected chi connectivity index (χ1v) is 8.98. The molecule has 0 aliphatic heterocycles. The van der Waals surface area contributed by atoms with Crippen molar-refractivity contribution in [1.82, 2.24) is 9.71 Å². The van der Waals surface area contributed by atoms with E-state index in [1.54, 1.807) is 0 Å². The third-order valence-corrected chi connectivity index (χ3v) is 6.45. The van der Waals surface area contributed by atoms with E-state index >= 15 is 0 Å². The van der Waals surface area contributed by atoms with Crippen LogP contribution < -0.4 is 4.72 Å². The summed E-state index contributed by atoms with van der Waals surface area (Å²) in [6.07, 6.45) is 1.75. The number of nitrogens with zero attached hydrogens (tertiary/aromatic N) is 1. The van der Waals surface area contributed by atoms with Gasteiger partial charge in [-0.2, -0.15) is 0 Å². The van der Waals surface area contributed by atoms with Crippen LogP contribution in [-0.2, 0) is 19.6 Å². The molecular weight excluding hydrogens is 332 g/mol. The molecule has 1 saturated carbocycles. The van der Waals surface area contributed by atoms with Gasteiger partial charge < -0.3 is 9.84 Å². The van der Waals surface area contributed by atoms with Crippen molar-refractivity contribution in [2.75, 3.05) is 7.11 Å². The van der Waals surface area contributed by atoms with Crippen molar-refractivity contribution in [3.8, 4) is 0 Å². The molecule has 1 aliphatic carbocycles. The second kappa shape index (κ2) is 6.71. The molecule has 0 bridgehead atoms. The summed E-state index contributed by atoms with van der Waals surface area (Å²) >= 11 is 0.838. The number of sulfonamides is 1. The molecule has 0 unspecified atom stereocenters. The highest BCUT2D eigenvalue weighted by Crippen LogP contribution is 2.27. The van der Waals surface area contributed by atoms with Crippen molar-refractivity contribution in [2.45, 2.75) is 35.9 Å². The number of carbonyl (C=O) groups is 2. The molecule has 122 valence electrons. The Morgan fingerprint density at radius 2 is 2.00 bits per heavy atom. The fourth-order valence-electron chi connectivity index (χ4n) is 2.39. The van der Waals surface area contributed by atoms with E-state index in [0.717, 1.165) is 18.4 Å². The van der Waals surface area contributed by atoms with Crippen molar-refractivity contribution in [3.05, 3.63) is 11.2 Å². The second-order valence-electron chi connectivity index (χ2n) is 4.99. The van der Waals surface area contributed by atoms with Gasteiger partial charge in [-0.25, -0.2) is 22.9 Å². The average Bonchev–Trinajstić information content (AvgIpc) is 2.97. The maximum atomic E-state index is 12.4. The Bertz CT molecular complexity index is 661. The number of aromatic nitrogens is 1. The first-order chi connectivity index (χ1) is 10.3.